The quantitative estimate of drug-likeness (QED) is 0.805. The van der Waals surface area contributed by atoms with Crippen molar-refractivity contribution in [2.75, 3.05) is 0 Å². The smallest absolute Gasteiger partial charge is 0.269 e. The van der Waals surface area contributed by atoms with Gasteiger partial charge >= 0.3 is 0 Å². The average molecular weight is 216 g/mol. The lowest BCUT2D eigenvalue weighted by atomic mass is 10.2. The number of nitrogens with zero attached hydrogens (tertiary/aromatic N) is 2. The predicted molar refractivity (Wildman–Crippen MR) is 58.7 cm³/mol. The molecule has 0 spiro atoms. The number of hydrogen-bond acceptors (Lipinski definition) is 3. The van der Waals surface area contributed by atoms with E-state index in [2.05, 4.69) is 20.5 Å². The molecule has 0 aliphatic rings. The van der Waals surface area contributed by atoms with Crippen LogP contribution < -0.4 is 5.32 Å². The van der Waals surface area contributed by atoms with Crippen molar-refractivity contribution in [3.05, 3.63) is 47.5 Å². The van der Waals surface area contributed by atoms with E-state index in [9.17, 15) is 4.79 Å². The van der Waals surface area contributed by atoms with Gasteiger partial charge in [0, 0.05) is 18.9 Å². The molecule has 0 aliphatic heterocycles. The maximum atomic E-state index is 11.7. The van der Waals surface area contributed by atoms with Gasteiger partial charge in [-0.1, -0.05) is 6.07 Å². The zero-order valence-corrected chi connectivity index (χ0v) is 8.90. The van der Waals surface area contributed by atoms with Crippen LogP contribution in [0.1, 0.15) is 21.6 Å². The Hall–Kier alpha value is -2.17. The van der Waals surface area contributed by atoms with E-state index >= 15 is 0 Å². The van der Waals surface area contributed by atoms with Gasteiger partial charge in [-0.2, -0.15) is 5.10 Å². The molecule has 2 aromatic heterocycles. The lowest BCUT2D eigenvalue weighted by molar-refractivity contribution is 0.0945. The minimum absolute atomic E-state index is 0.154. The monoisotopic (exact) mass is 216 g/mol. The second kappa shape index (κ2) is 4.57. The summed E-state index contributed by atoms with van der Waals surface area (Å²) in [6.07, 6.45) is 5.05. The Balaban J connectivity index is 1.97. The van der Waals surface area contributed by atoms with Crippen molar-refractivity contribution in [2.45, 2.75) is 13.5 Å². The number of amides is 1. The molecule has 0 bridgehead atoms. The molecule has 82 valence electrons. The van der Waals surface area contributed by atoms with Crippen molar-refractivity contribution < 1.29 is 4.79 Å². The maximum absolute atomic E-state index is 11.7. The molecule has 0 aliphatic carbocycles. The Morgan fingerprint density at radius 1 is 1.50 bits per heavy atom. The number of carbonyl (C=O) groups excluding carboxylic acids is 1. The van der Waals surface area contributed by atoms with E-state index in [4.69, 9.17) is 0 Å². The number of aromatic nitrogens is 3. The average Bonchev–Trinajstić information content (AvgIpc) is 2.74. The van der Waals surface area contributed by atoms with Crippen LogP contribution in [0.15, 0.2) is 30.7 Å². The summed E-state index contributed by atoms with van der Waals surface area (Å²) in [5.74, 6) is -0.154. The highest BCUT2D eigenvalue weighted by atomic mass is 16.1. The molecule has 0 saturated heterocycles. The molecule has 2 N–H and O–H groups in total. The van der Waals surface area contributed by atoms with Crippen molar-refractivity contribution >= 4 is 5.91 Å². The SMILES string of the molecule is Cc1cn[nH]c1C(=O)NCc1cccnc1. The van der Waals surface area contributed by atoms with E-state index in [1.807, 2.05) is 19.1 Å². The third-order valence-electron chi connectivity index (χ3n) is 2.23. The first-order chi connectivity index (χ1) is 7.77. The summed E-state index contributed by atoms with van der Waals surface area (Å²) < 4.78 is 0. The second-order valence-corrected chi connectivity index (χ2v) is 3.47. The van der Waals surface area contributed by atoms with E-state index in [0.717, 1.165) is 11.1 Å². The second-order valence-electron chi connectivity index (χ2n) is 3.47. The number of carbonyl (C=O) groups is 1. The van der Waals surface area contributed by atoms with Crippen LogP contribution in [-0.2, 0) is 6.54 Å². The molecule has 2 rings (SSSR count). The van der Waals surface area contributed by atoms with E-state index in [-0.39, 0.29) is 5.91 Å². The molecule has 1 amide bonds. The number of aromatic amines is 1. The molecular formula is C11H12N4O. The summed E-state index contributed by atoms with van der Waals surface area (Å²) in [5.41, 5.74) is 2.31. The predicted octanol–water partition coefficient (Wildman–Crippen LogP) is 1.04. The summed E-state index contributed by atoms with van der Waals surface area (Å²) in [5, 5.41) is 9.26. The van der Waals surface area contributed by atoms with Crippen molar-refractivity contribution in [3.8, 4) is 0 Å². The molecular weight excluding hydrogens is 204 g/mol. The molecule has 0 aromatic carbocycles. The van der Waals surface area contributed by atoms with Crippen LogP contribution in [0, 0.1) is 6.92 Å². The van der Waals surface area contributed by atoms with Gasteiger partial charge in [-0.15, -0.1) is 0 Å². The van der Waals surface area contributed by atoms with Crippen molar-refractivity contribution in [1.82, 2.24) is 20.5 Å². The van der Waals surface area contributed by atoms with Gasteiger partial charge in [-0.3, -0.25) is 14.9 Å². The number of aryl methyl sites for hydroxylation is 1. The molecule has 5 nitrogen and oxygen atoms in total. The Labute approximate surface area is 92.9 Å². The van der Waals surface area contributed by atoms with Crippen molar-refractivity contribution in [2.24, 2.45) is 0 Å². The molecule has 5 heteroatoms. The van der Waals surface area contributed by atoms with Gasteiger partial charge in [0.05, 0.1) is 6.20 Å². The van der Waals surface area contributed by atoms with Crippen LogP contribution in [0.3, 0.4) is 0 Å². The summed E-state index contributed by atoms with van der Waals surface area (Å²) in [7, 11) is 0. The number of hydrogen-bond donors (Lipinski definition) is 2. The largest absolute Gasteiger partial charge is 0.347 e. The maximum Gasteiger partial charge on any atom is 0.269 e. The lowest BCUT2D eigenvalue weighted by Gasteiger charge is -2.03. The number of nitrogens with one attached hydrogen (secondary N) is 2. The molecule has 0 unspecified atom stereocenters. The van der Waals surface area contributed by atoms with E-state index in [0.29, 0.717) is 12.2 Å². The summed E-state index contributed by atoms with van der Waals surface area (Å²) in [6.45, 7) is 2.30. The molecule has 16 heavy (non-hydrogen) atoms. The van der Waals surface area contributed by atoms with E-state index < -0.39 is 0 Å². The van der Waals surface area contributed by atoms with Crippen LogP contribution in [0.2, 0.25) is 0 Å². The van der Waals surface area contributed by atoms with Crippen molar-refractivity contribution in [3.63, 3.8) is 0 Å². The minimum atomic E-state index is -0.154. The Morgan fingerprint density at radius 3 is 3.00 bits per heavy atom. The van der Waals surface area contributed by atoms with E-state index in [1.165, 1.54) is 0 Å². The van der Waals surface area contributed by atoms with Gasteiger partial charge < -0.3 is 5.32 Å². The van der Waals surface area contributed by atoms with Crippen LogP contribution >= 0.6 is 0 Å². The van der Waals surface area contributed by atoms with Gasteiger partial charge in [-0.05, 0) is 24.1 Å². The van der Waals surface area contributed by atoms with Gasteiger partial charge in [0.15, 0.2) is 0 Å². The molecule has 0 fully saturated rings. The summed E-state index contributed by atoms with van der Waals surface area (Å²) in [6, 6.07) is 3.75. The Bertz CT molecular complexity index is 478. The fraction of sp³-hybridized carbons (Fsp3) is 0.182. The van der Waals surface area contributed by atoms with Crippen molar-refractivity contribution in [1.29, 1.82) is 0 Å². The highest BCUT2D eigenvalue weighted by Crippen LogP contribution is 2.02. The first kappa shape index (κ1) is 10.4. The highest BCUT2D eigenvalue weighted by molar-refractivity contribution is 5.93. The zero-order chi connectivity index (χ0) is 11.4. The van der Waals surface area contributed by atoms with Gasteiger partial charge in [0.2, 0.25) is 0 Å². The van der Waals surface area contributed by atoms with E-state index in [1.54, 1.807) is 18.6 Å². The molecule has 0 atom stereocenters. The van der Waals surface area contributed by atoms with Crippen LogP contribution in [-0.4, -0.2) is 21.1 Å². The van der Waals surface area contributed by atoms with Gasteiger partial charge in [0.1, 0.15) is 5.69 Å². The molecule has 2 aromatic rings. The van der Waals surface area contributed by atoms with Gasteiger partial charge in [0.25, 0.3) is 5.91 Å². The lowest BCUT2D eigenvalue weighted by Crippen LogP contribution is -2.23. The van der Waals surface area contributed by atoms with Crippen LogP contribution in [0.25, 0.3) is 0 Å². The number of rotatable bonds is 3. The highest BCUT2D eigenvalue weighted by Gasteiger charge is 2.09. The topological polar surface area (TPSA) is 70.7 Å². The third-order valence-corrected chi connectivity index (χ3v) is 2.23. The first-order valence-electron chi connectivity index (χ1n) is 4.94. The number of H-pyrrole nitrogens is 1. The van der Waals surface area contributed by atoms with Crippen LogP contribution in [0.4, 0.5) is 0 Å². The molecule has 0 radical (unpaired) electrons. The molecule has 2 heterocycles. The summed E-state index contributed by atoms with van der Waals surface area (Å²) >= 11 is 0. The molecule has 0 saturated carbocycles. The fourth-order valence-electron chi connectivity index (χ4n) is 1.35. The Morgan fingerprint density at radius 2 is 2.38 bits per heavy atom. The standard InChI is InChI=1S/C11H12N4O/c1-8-5-14-15-10(8)11(16)13-7-9-3-2-4-12-6-9/h2-6H,7H2,1H3,(H,13,16)(H,14,15). The first-order valence-corrected chi connectivity index (χ1v) is 4.94. The van der Waals surface area contributed by atoms with Gasteiger partial charge in [-0.25, -0.2) is 0 Å². The zero-order valence-electron chi connectivity index (χ0n) is 8.90. The minimum Gasteiger partial charge on any atom is -0.347 e. The van der Waals surface area contributed by atoms with Crippen LogP contribution in [0.5, 0.6) is 0 Å². The fourth-order valence-corrected chi connectivity index (χ4v) is 1.35. The third kappa shape index (κ3) is 2.25. The number of pyridine rings is 1. The Kier molecular flexibility index (Phi) is 2.95. The summed E-state index contributed by atoms with van der Waals surface area (Å²) in [4.78, 5) is 15.7. The normalized spacial score (nSPS) is 10.1.